The van der Waals surface area contributed by atoms with Crippen LogP contribution in [0.15, 0.2) is 49.3 Å². The van der Waals surface area contributed by atoms with E-state index < -0.39 is 18.2 Å². The van der Waals surface area contributed by atoms with Gasteiger partial charge in [-0.15, -0.1) is 0 Å². The predicted octanol–water partition coefficient (Wildman–Crippen LogP) is 4.06. The van der Waals surface area contributed by atoms with Crippen molar-refractivity contribution in [2.75, 3.05) is 56.1 Å². The Morgan fingerprint density at radius 1 is 1.08 bits per heavy atom. The molecule has 1 fully saturated rings. The summed E-state index contributed by atoms with van der Waals surface area (Å²) in [5.74, 6) is -2.09. The Morgan fingerprint density at radius 3 is 2.34 bits per heavy atom. The summed E-state index contributed by atoms with van der Waals surface area (Å²) in [6, 6.07) is 6.69. The van der Waals surface area contributed by atoms with Crippen molar-refractivity contribution in [3.05, 3.63) is 66.5 Å². The lowest BCUT2D eigenvalue weighted by molar-refractivity contribution is -0.111. The monoisotopic (exact) mass is 527 g/mol. The molecule has 0 bridgehead atoms. The Labute approximate surface area is 218 Å². The van der Waals surface area contributed by atoms with E-state index in [1.165, 1.54) is 32.7 Å². The highest BCUT2D eigenvalue weighted by molar-refractivity contribution is 6.01. The van der Waals surface area contributed by atoms with Crippen LogP contribution in [0.4, 0.5) is 31.8 Å². The van der Waals surface area contributed by atoms with Gasteiger partial charge < -0.3 is 34.5 Å². The smallest absolute Gasteiger partial charge is 0.247 e. The number of nitrogens with zero attached hydrogens (tertiary/aromatic N) is 3. The summed E-state index contributed by atoms with van der Waals surface area (Å²) in [5, 5.41) is 5.85. The van der Waals surface area contributed by atoms with Crippen molar-refractivity contribution in [3.63, 3.8) is 0 Å². The maximum absolute atomic E-state index is 14.6. The highest BCUT2D eigenvalue weighted by Gasteiger charge is 2.21. The molecule has 0 unspecified atom stereocenters. The number of hydrogen-bond donors (Lipinski definition) is 2. The zero-order valence-electron chi connectivity index (χ0n) is 20.9. The van der Waals surface area contributed by atoms with Crippen molar-refractivity contribution in [1.82, 2.24) is 9.97 Å². The number of carbonyl (C=O) groups is 1. The normalized spacial score (nSPS) is 13.0. The summed E-state index contributed by atoms with van der Waals surface area (Å²) in [5.41, 5.74) is 1.64. The number of ether oxygens (including phenoxy) is 4. The number of nitrogens with one attached hydrogen (secondary N) is 2. The van der Waals surface area contributed by atoms with Crippen LogP contribution in [0.2, 0.25) is 0 Å². The number of aromatic nitrogens is 2. The Bertz CT molecular complexity index is 1270. The molecule has 2 heterocycles. The first kappa shape index (κ1) is 26.6. The molecule has 200 valence electrons. The fourth-order valence-electron chi connectivity index (χ4n) is 3.74. The second-order valence-corrected chi connectivity index (χ2v) is 8.07. The summed E-state index contributed by atoms with van der Waals surface area (Å²) in [6.07, 6.45) is 3.89. The molecule has 0 radical (unpaired) electrons. The Kier molecular flexibility index (Phi) is 8.54. The van der Waals surface area contributed by atoms with Gasteiger partial charge in [-0.2, -0.15) is 0 Å². The third-order valence-electron chi connectivity index (χ3n) is 5.75. The minimum absolute atomic E-state index is 0.170. The van der Waals surface area contributed by atoms with Crippen LogP contribution in [0.3, 0.4) is 0 Å². The molecule has 3 aromatic rings. The van der Waals surface area contributed by atoms with Gasteiger partial charge in [0.2, 0.25) is 11.9 Å². The summed E-state index contributed by atoms with van der Waals surface area (Å²) < 4.78 is 49.9. The van der Waals surface area contributed by atoms with Crippen LogP contribution in [-0.2, 0) is 16.1 Å². The van der Waals surface area contributed by atoms with Crippen LogP contribution >= 0.6 is 0 Å². The number of methoxy groups -OCH3 is 2. The van der Waals surface area contributed by atoms with Crippen molar-refractivity contribution in [2.24, 2.45) is 0 Å². The van der Waals surface area contributed by atoms with Gasteiger partial charge in [0.05, 0.1) is 56.8 Å². The second-order valence-electron chi connectivity index (χ2n) is 8.07. The predicted molar refractivity (Wildman–Crippen MR) is 137 cm³/mol. The molecule has 1 aromatic heterocycles. The van der Waals surface area contributed by atoms with E-state index in [0.717, 1.165) is 24.8 Å². The van der Waals surface area contributed by atoms with Crippen molar-refractivity contribution in [1.29, 1.82) is 0 Å². The highest BCUT2D eigenvalue weighted by atomic mass is 19.1. The standard InChI is InChI=1S/C26H27F2N5O5/c1-4-23(34)31-20-11-16(33-7-9-37-10-8-33)5-6-19(20)32-26-29-13-17(14-30-26)38-15-18-24(27)21(35-2)12-22(36-3)25(18)28/h4-6,11-14H,1,7-10,15H2,2-3H3,(H,31,34)(H,29,30,32). The van der Waals surface area contributed by atoms with Gasteiger partial charge in [-0.1, -0.05) is 6.58 Å². The van der Waals surface area contributed by atoms with E-state index in [1.807, 2.05) is 12.1 Å². The number of carbonyl (C=O) groups excluding carboxylic acids is 1. The molecule has 1 saturated heterocycles. The third-order valence-corrected chi connectivity index (χ3v) is 5.75. The first-order valence-electron chi connectivity index (χ1n) is 11.6. The van der Waals surface area contributed by atoms with Gasteiger partial charge in [0.15, 0.2) is 28.9 Å². The van der Waals surface area contributed by atoms with E-state index in [1.54, 1.807) is 6.07 Å². The molecule has 1 aliphatic heterocycles. The molecular weight excluding hydrogens is 500 g/mol. The number of rotatable bonds is 10. The zero-order valence-corrected chi connectivity index (χ0v) is 20.9. The van der Waals surface area contributed by atoms with E-state index in [0.29, 0.717) is 24.6 Å². The van der Waals surface area contributed by atoms with Crippen molar-refractivity contribution < 1.29 is 32.5 Å². The number of hydrogen-bond acceptors (Lipinski definition) is 9. The molecule has 0 saturated carbocycles. The molecule has 1 aliphatic rings. The third kappa shape index (κ3) is 6.09. The number of benzene rings is 2. The average molecular weight is 528 g/mol. The average Bonchev–Trinajstić information content (AvgIpc) is 2.95. The van der Waals surface area contributed by atoms with Crippen molar-refractivity contribution in [3.8, 4) is 17.2 Å². The number of amides is 1. The molecule has 38 heavy (non-hydrogen) atoms. The van der Waals surface area contributed by atoms with Gasteiger partial charge in [0, 0.05) is 24.8 Å². The number of halogens is 2. The number of anilines is 4. The summed E-state index contributed by atoms with van der Waals surface area (Å²) in [7, 11) is 2.54. The highest BCUT2D eigenvalue weighted by Crippen LogP contribution is 2.33. The number of morpholine rings is 1. The summed E-state index contributed by atoms with van der Waals surface area (Å²) in [4.78, 5) is 22.6. The first-order valence-corrected chi connectivity index (χ1v) is 11.6. The first-order chi connectivity index (χ1) is 18.4. The van der Waals surface area contributed by atoms with Gasteiger partial charge in [0.25, 0.3) is 0 Å². The van der Waals surface area contributed by atoms with Crippen LogP contribution in [-0.4, -0.2) is 56.4 Å². The molecule has 4 rings (SSSR count). The molecule has 0 spiro atoms. The van der Waals surface area contributed by atoms with Crippen LogP contribution in [0, 0.1) is 11.6 Å². The molecular formula is C26H27F2N5O5. The molecule has 12 heteroatoms. The molecule has 0 atom stereocenters. The lowest BCUT2D eigenvalue weighted by atomic mass is 10.1. The van der Waals surface area contributed by atoms with Gasteiger partial charge >= 0.3 is 0 Å². The van der Waals surface area contributed by atoms with Gasteiger partial charge in [-0.3, -0.25) is 4.79 Å². The Morgan fingerprint density at radius 2 is 1.74 bits per heavy atom. The summed E-state index contributed by atoms with van der Waals surface area (Å²) in [6.45, 7) is 5.79. The summed E-state index contributed by atoms with van der Waals surface area (Å²) >= 11 is 0. The van der Waals surface area contributed by atoms with Crippen LogP contribution in [0.5, 0.6) is 17.2 Å². The Balaban J connectivity index is 1.49. The topological polar surface area (TPSA) is 107 Å². The van der Waals surface area contributed by atoms with E-state index in [-0.39, 0.29) is 34.7 Å². The minimum atomic E-state index is -0.889. The van der Waals surface area contributed by atoms with Crippen LogP contribution in [0.1, 0.15) is 5.56 Å². The van der Waals surface area contributed by atoms with E-state index >= 15 is 0 Å². The van der Waals surface area contributed by atoms with Crippen molar-refractivity contribution in [2.45, 2.75) is 6.61 Å². The maximum Gasteiger partial charge on any atom is 0.247 e. The maximum atomic E-state index is 14.6. The fraction of sp³-hybridized carbons (Fsp3) is 0.269. The van der Waals surface area contributed by atoms with Crippen molar-refractivity contribution >= 4 is 28.9 Å². The van der Waals surface area contributed by atoms with E-state index in [2.05, 4.69) is 32.1 Å². The molecule has 10 nitrogen and oxygen atoms in total. The molecule has 1 amide bonds. The van der Waals surface area contributed by atoms with Crippen LogP contribution in [0.25, 0.3) is 0 Å². The van der Waals surface area contributed by atoms with Gasteiger partial charge in [-0.05, 0) is 24.3 Å². The largest absolute Gasteiger partial charge is 0.494 e. The Hall–Kier alpha value is -4.45. The zero-order chi connectivity index (χ0) is 27.1. The van der Waals surface area contributed by atoms with E-state index in [9.17, 15) is 13.6 Å². The quantitative estimate of drug-likeness (QED) is 0.378. The lowest BCUT2D eigenvalue weighted by Gasteiger charge is -2.29. The van der Waals surface area contributed by atoms with Gasteiger partial charge in [-0.25, -0.2) is 18.7 Å². The molecule has 0 aliphatic carbocycles. The molecule has 2 N–H and O–H groups in total. The SMILES string of the molecule is C=CC(=O)Nc1cc(N2CCOCC2)ccc1Nc1ncc(OCc2c(F)c(OC)cc(OC)c2F)cn1. The second kappa shape index (κ2) is 12.2. The van der Waals surface area contributed by atoms with Gasteiger partial charge in [0.1, 0.15) is 6.61 Å². The molecule has 2 aromatic carbocycles. The lowest BCUT2D eigenvalue weighted by Crippen LogP contribution is -2.36. The fourth-order valence-corrected chi connectivity index (χ4v) is 3.74. The van der Waals surface area contributed by atoms with Crippen LogP contribution < -0.4 is 29.7 Å². The van der Waals surface area contributed by atoms with E-state index in [4.69, 9.17) is 18.9 Å². The minimum Gasteiger partial charge on any atom is -0.494 e.